The van der Waals surface area contributed by atoms with Crippen LogP contribution in [-0.2, 0) is 6.42 Å². The van der Waals surface area contributed by atoms with Crippen molar-refractivity contribution >= 4 is 21.6 Å². The maximum absolute atomic E-state index is 3.79. The molecule has 0 bridgehead atoms. The van der Waals surface area contributed by atoms with Crippen molar-refractivity contribution in [1.29, 1.82) is 0 Å². The molecule has 20 heavy (non-hydrogen) atoms. The molecule has 1 aliphatic heterocycles. The van der Waals surface area contributed by atoms with E-state index in [1.165, 1.54) is 35.0 Å². The van der Waals surface area contributed by atoms with Crippen LogP contribution in [0.15, 0.2) is 22.7 Å². The number of halogens is 1. The van der Waals surface area contributed by atoms with Gasteiger partial charge in [-0.3, -0.25) is 0 Å². The summed E-state index contributed by atoms with van der Waals surface area (Å²) < 4.78 is 1.18. The van der Waals surface area contributed by atoms with Crippen LogP contribution in [-0.4, -0.2) is 25.2 Å². The van der Waals surface area contributed by atoms with Crippen LogP contribution in [0.25, 0.3) is 0 Å². The second-order valence-electron chi connectivity index (χ2n) is 5.82. The van der Waals surface area contributed by atoms with E-state index < -0.39 is 0 Å². The fourth-order valence-corrected chi connectivity index (χ4v) is 3.61. The molecule has 0 unspecified atom stereocenters. The molecule has 1 aromatic rings. The Bertz CT molecular complexity index is 441. The Labute approximate surface area is 132 Å². The molecule has 1 N–H and O–H groups in total. The van der Waals surface area contributed by atoms with E-state index in [1.54, 1.807) is 0 Å². The Balaban J connectivity index is 2.30. The molecule has 1 heterocycles. The molecule has 0 aliphatic carbocycles. The summed E-state index contributed by atoms with van der Waals surface area (Å²) >= 11 is 3.60. The average molecular weight is 339 g/mol. The van der Waals surface area contributed by atoms with E-state index in [2.05, 4.69) is 65.1 Å². The monoisotopic (exact) mass is 338 g/mol. The lowest BCUT2D eigenvalue weighted by molar-refractivity contribution is 0.321. The lowest BCUT2D eigenvalue weighted by Crippen LogP contribution is -2.50. The molecule has 112 valence electrons. The standard InChI is InChI=1S/C17H27BrN2/c1-4-14-12-15(18)8-9-16(14)20-11-7-10-19-17(5-2,6-3)13-20/h8-9,12,19H,4-7,10-11,13H2,1-3H3. The molecule has 2 rings (SSSR count). The fraction of sp³-hybridized carbons (Fsp3) is 0.647. The summed E-state index contributed by atoms with van der Waals surface area (Å²) in [4.78, 5) is 2.60. The first-order valence-corrected chi connectivity index (χ1v) is 8.72. The number of benzene rings is 1. The number of nitrogens with one attached hydrogen (secondary N) is 1. The van der Waals surface area contributed by atoms with Crippen molar-refractivity contribution in [3.05, 3.63) is 28.2 Å². The first kappa shape index (κ1) is 15.8. The minimum absolute atomic E-state index is 0.272. The van der Waals surface area contributed by atoms with Gasteiger partial charge in [-0.2, -0.15) is 0 Å². The summed E-state index contributed by atoms with van der Waals surface area (Å²) in [5.41, 5.74) is 3.14. The van der Waals surface area contributed by atoms with E-state index in [0.29, 0.717) is 0 Å². The zero-order valence-corrected chi connectivity index (χ0v) is 14.6. The fourth-order valence-electron chi connectivity index (χ4n) is 3.20. The van der Waals surface area contributed by atoms with E-state index in [1.807, 2.05) is 0 Å². The molecular formula is C17H27BrN2. The van der Waals surface area contributed by atoms with Crippen molar-refractivity contribution in [1.82, 2.24) is 5.32 Å². The topological polar surface area (TPSA) is 15.3 Å². The summed E-state index contributed by atoms with van der Waals surface area (Å²) in [5, 5.41) is 3.79. The number of hydrogen-bond acceptors (Lipinski definition) is 2. The number of hydrogen-bond donors (Lipinski definition) is 1. The molecule has 0 saturated carbocycles. The molecule has 0 amide bonds. The van der Waals surface area contributed by atoms with Crippen molar-refractivity contribution in [2.45, 2.75) is 52.0 Å². The highest BCUT2D eigenvalue weighted by Crippen LogP contribution is 2.29. The molecule has 3 heteroatoms. The summed E-state index contributed by atoms with van der Waals surface area (Å²) in [5.74, 6) is 0. The highest BCUT2D eigenvalue weighted by Gasteiger charge is 2.30. The van der Waals surface area contributed by atoms with Crippen LogP contribution in [0.1, 0.15) is 45.6 Å². The smallest absolute Gasteiger partial charge is 0.0400 e. The predicted octanol–water partition coefficient (Wildman–Crippen LogP) is 4.37. The average Bonchev–Trinajstić information content (AvgIpc) is 2.70. The van der Waals surface area contributed by atoms with Crippen molar-refractivity contribution in [2.24, 2.45) is 0 Å². The summed E-state index contributed by atoms with van der Waals surface area (Å²) in [6.07, 6.45) is 4.70. The zero-order chi connectivity index (χ0) is 14.6. The van der Waals surface area contributed by atoms with Crippen molar-refractivity contribution in [3.8, 4) is 0 Å². The first-order valence-electron chi connectivity index (χ1n) is 7.92. The van der Waals surface area contributed by atoms with E-state index in [0.717, 1.165) is 26.1 Å². The van der Waals surface area contributed by atoms with Crippen LogP contribution in [0, 0.1) is 0 Å². The molecule has 1 aliphatic rings. The van der Waals surface area contributed by atoms with Gasteiger partial charge in [-0.15, -0.1) is 0 Å². The summed E-state index contributed by atoms with van der Waals surface area (Å²) in [6, 6.07) is 6.73. The van der Waals surface area contributed by atoms with Crippen LogP contribution in [0.2, 0.25) is 0 Å². The number of rotatable bonds is 4. The summed E-state index contributed by atoms with van der Waals surface area (Å²) in [6.45, 7) is 10.3. The Morgan fingerprint density at radius 3 is 2.65 bits per heavy atom. The van der Waals surface area contributed by atoms with E-state index in [9.17, 15) is 0 Å². The Morgan fingerprint density at radius 1 is 1.25 bits per heavy atom. The van der Waals surface area contributed by atoms with Gasteiger partial charge < -0.3 is 10.2 Å². The van der Waals surface area contributed by atoms with Gasteiger partial charge in [-0.25, -0.2) is 0 Å². The van der Waals surface area contributed by atoms with Gasteiger partial charge in [0.2, 0.25) is 0 Å². The van der Waals surface area contributed by atoms with Gasteiger partial charge in [-0.1, -0.05) is 36.7 Å². The van der Waals surface area contributed by atoms with Gasteiger partial charge in [0.05, 0.1) is 0 Å². The Hall–Kier alpha value is -0.540. The third-order valence-corrected chi connectivity index (χ3v) is 5.21. The van der Waals surface area contributed by atoms with E-state index >= 15 is 0 Å². The lowest BCUT2D eigenvalue weighted by atomic mass is 9.92. The lowest BCUT2D eigenvalue weighted by Gasteiger charge is -2.37. The minimum Gasteiger partial charge on any atom is -0.369 e. The minimum atomic E-state index is 0.272. The maximum atomic E-state index is 3.79. The molecular weight excluding hydrogens is 312 g/mol. The molecule has 0 aromatic heterocycles. The second kappa shape index (κ2) is 6.95. The molecule has 2 nitrogen and oxygen atoms in total. The third-order valence-electron chi connectivity index (χ3n) is 4.72. The van der Waals surface area contributed by atoms with Gasteiger partial charge in [0, 0.05) is 28.8 Å². The molecule has 0 radical (unpaired) electrons. The second-order valence-corrected chi connectivity index (χ2v) is 6.73. The molecule has 0 atom stereocenters. The van der Waals surface area contributed by atoms with Gasteiger partial charge in [0.25, 0.3) is 0 Å². The van der Waals surface area contributed by atoms with Gasteiger partial charge in [0.1, 0.15) is 0 Å². The van der Waals surface area contributed by atoms with Crippen LogP contribution < -0.4 is 10.2 Å². The van der Waals surface area contributed by atoms with Crippen LogP contribution >= 0.6 is 15.9 Å². The predicted molar refractivity (Wildman–Crippen MR) is 91.7 cm³/mol. The van der Waals surface area contributed by atoms with Gasteiger partial charge >= 0.3 is 0 Å². The van der Waals surface area contributed by atoms with Gasteiger partial charge in [0.15, 0.2) is 0 Å². The van der Waals surface area contributed by atoms with Crippen molar-refractivity contribution in [2.75, 3.05) is 24.5 Å². The van der Waals surface area contributed by atoms with Crippen LogP contribution in [0.5, 0.6) is 0 Å². The number of nitrogens with zero attached hydrogens (tertiary/aromatic N) is 1. The Morgan fingerprint density at radius 2 is 2.00 bits per heavy atom. The highest BCUT2D eigenvalue weighted by molar-refractivity contribution is 9.10. The maximum Gasteiger partial charge on any atom is 0.0400 e. The molecule has 1 saturated heterocycles. The third kappa shape index (κ3) is 3.37. The molecule has 1 fully saturated rings. The van der Waals surface area contributed by atoms with Crippen LogP contribution in [0.3, 0.4) is 0 Å². The van der Waals surface area contributed by atoms with Crippen molar-refractivity contribution < 1.29 is 0 Å². The van der Waals surface area contributed by atoms with Gasteiger partial charge in [-0.05, 0) is 56.0 Å². The zero-order valence-electron chi connectivity index (χ0n) is 13.0. The quantitative estimate of drug-likeness (QED) is 0.876. The normalized spacial score (nSPS) is 18.9. The summed E-state index contributed by atoms with van der Waals surface area (Å²) in [7, 11) is 0. The van der Waals surface area contributed by atoms with E-state index in [-0.39, 0.29) is 5.54 Å². The Kier molecular flexibility index (Phi) is 5.50. The molecule has 0 spiro atoms. The highest BCUT2D eigenvalue weighted by atomic mass is 79.9. The number of anilines is 1. The van der Waals surface area contributed by atoms with Crippen LogP contribution in [0.4, 0.5) is 5.69 Å². The van der Waals surface area contributed by atoms with E-state index in [4.69, 9.17) is 0 Å². The molecule has 1 aromatic carbocycles. The number of aryl methyl sites for hydroxylation is 1. The first-order chi connectivity index (χ1) is 9.64. The van der Waals surface area contributed by atoms with Crippen molar-refractivity contribution in [3.63, 3.8) is 0 Å². The SMILES string of the molecule is CCc1cc(Br)ccc1N1CCCNC(CC)(CC)C1. The largest absolute Gasteiger partial charge is 0.369 e.